The summed E-state index contributed by atoms with van der Waals surface area (Å²) in [5.74, 6) is -0.419. The van der Waals surface area contributed by atoms with E-state index in [0.29, 0.717) is 25.8 Å². The lowest BCUT2D eigenvalue weighted by molar-refractivity contribution is 0.591. The van der Waals surface area contributed by atoms with Crippen LogP contribution in [0.5, 0.6) is 0 Å². The maximum atomic E-state index is 13.9. The molecule has 0 radical (unpaired) electrons. The van der Waals surface area contributed by atoms with Crippen LogP contribution in [0.4, 0.5) is 4.39 Å². The maximum absolute atomic E-state index is 13.9. The Morgan fingerprint density at radius 3 is 2.72 bits per heavy atom. The fraction of sp³-hybridized carbons (Fsp3) is 0.0833. The molecule has 0 fully saturated rings. The van der Waals surface area contributed by atoms with Crippen molar-refractivity contribution in [2.45, 2.75) is 6.04 Å². The van der Waals surface area contributed by atoms with Crippen LogP contribution in [-0.4, -0.2) is 4.98 Å². The summed E-state index contributed by atoms with van der Waals surface area (Å²) in [6.07, 6.45) is 1.43. The first-order valence-corrected chi connectivity index (χ1v) is 6.56. The lowest BCUT2D eigenvalue weighted by Crippen LogP contribution is -2.16. The van der Waals surface area contributed by atoms with Gasteiger partial charge in [-0.3, -0.25) is 4.98 Å². The summed E-state index contributed by atoms with van der Waals surface area (Å²) >= 11 is 14.9. The molecule has 1 unspecified atom stereocenters. The van der Waals surface area contributed by atoms with Gasteiger partial charge < -0.3 is 5.73 Å². The normalized spacial score (nSPS) is 12.5. The highest BCUT2D eigenvalue weighted by Crippen LogP contribution is 2.30. The number of nitrogens with two attached hydrogens (primary N) is 1. The lowest BCUT2D eigenvalue weighted by Gasteiger charge is -2.14. The van der Waals surface area contributed by atoms with Crippen LogP contribution >= 0.6 is 39.1 Å². The molecule has 1 aromatic heterocycles. The fourth-order valence-corrected chi connectivity index (χ4v) is 2.44. The molecule has 2 nitrogen and oxygen atoms in total. The molecule has 0 amide bonds. The van der Waals surface area contributed by atoms with E-state index < -0.39 is 11.9 Å². The number of rotatable bonds is 2. The second-order valence-corrected chi connectivity index (χ2v) is 5.34. The van der Waals surface area contributed by atoms with Crippen LogP contribution in [0, 0.1) is 5.82 Å². The smallest absolute Gasteiger partial charge is 0.142 e. The number of aromatic nitrogens is 1. The highest BCUT2D eigenvalue weighted by Gasteiger charge is 2.19. The second-order valence-electron chi connectivity index (χ2n) is 3.64. The Balaban J connectivity index is 2.48. The maximum Gasteiger partial charge on any atom is 0.142 e. The molecule has 2 rings (SSSR count). The Morgan fingerprint density at radius 1 is 1.33 bits per heavy atom. The molecule has 0 aliphatic heterocycles. The van der Waals surface area contributed by atoms with Gasteiger partial charge in [-0.2, -0.15) is 0 Å². The summed E-state index contributed by atoms with van der Waals surface area (Å²) in [5, 5.41) is 0.722. The van der Waals surface area contributed by atoms with E-state index in [0.717, 1.165) is 0 Å². The largest absolute Gasteiger partial charge is 0.319 e. The van der Waals surface area contributed by atoms with Gasteiger partial charge in [-0.1, -0.05) is 35.3 Å². The number of hydrogen-bond acceptors (Lipinski definition) is 2. The van der Waals surface area contributed by atoms with Crippen molar-refractivity contribution in [3.05, 3.63) is 62.1 Å². The average Bonchev–Trinajstić information content (AvgIpc) is 2.32. The number of hydrogen-bond donors (Lipinski definition) is 1. The van der Waals surface area contributed by atoms with Gasteiger partial charge in [-0.15, -0.1) is 0 Å². The van der Waals surface area contributed by atoms with Crippen molar-refractivity contribution in [3.63, 3.8) is 0 Å². The van der Waals surface area contributed by atoms with E-state index in [1.54, 1.807) is 18.2 Å². The Kier molecular flexibility index (Phi) is 4.22. The molecule has 1 atom stereocenters. The summed E-state index contributed by atoms with van der Waals surface area (Å²) in [5.41, 5.74) is 6.69. The zero-order valence-corrected chi connectivity index (χ0v) is 12.1. The molecule has 0 aliphatic carbocycles. The van der Waals surface area contributed by atoms with E-state index in [1.165, 1.54) is 12.3 Å². The Hall–Kier alpha value is -0.680. The van der Waals surface area contributed by atoms with E-state index in [2.05, 4.69) is 20.9 Å². The van der Waals surface area contributed by atoms with Crippen molar-refractivity contribution in [2.75, 3.05) is 0 Å². The molecule has 2 aromatic rings. The third-order valence-corrected chi connectivity index (χ3v) is 3.57. The van der Waals surface area contributed by atoms with Gasteiger partial charge in [0.2, 0.25) is 0 Å². The van der Waals surface area contributed by atoms with Crippen LogP contribution < -0.4 is 5.73 Å². The van der Waals surface area contributed by atoms with Crippen LogP contribution in [0.15, 0.2) is 34.9 Å². The van der Waals surface area contributed by atoms with Crippen molar-refractivity contribution in [2.24, 2.45) is 5.73 Å². The van der Waals surface area contributed by atoms with Gasteiger partial charge in [0.05, 0.1) is 26.3 Å². The lowest BCUT2D eigenvalue weighted by atomic mass is 10.0. The molecule has 1 heterocycles. The van der Waals surface area contributed by atoms with Crippen LogP contribution in [0.3, 0.4) is 0 Å². The zero-order chi connectivity index (χ0) is 13.3. The van der Waals surface area contributed by atoms with Crippen molar-refractivity contribution in [1.29, 1.82) is 0 Å². The summed E-state index contributed by atoms with van der Waals surface area (Å²) in [4.78, 5) is 4.05. The van der Waals surface area contributed by atoms with Crippen molar-refractivity contribution >= 4 is 39.1 Å². The second kappa shape index (κ2) is 5.53. The SMILES string of the molecule is NC(c1cccc(Br)c1F)c1ncc(Cl)cc1Cl. The standard InChI is InChI=1S/C12H8BrCl2FN2/c13-8-3-1-2-7(10(8)16)11(17)12-9(15)4-6(14)5-18-12/h1-5,11H,17H2. The van der Waals surface area contributed by atoms with Crippen LogP contribution in [0.1, 0.15) is 17.3 Å². The number of halogens is 4. The molecule has 18 heavy (non-hydrogen) atoms. The van der Waals surface area contributed by atoms with Gasteiger partial charge in [-0.25, -0.2) is 4.39 Å². The first-order valence-electron chi connectivity index (χ1n) is 5.01. The predicted octanol–water partition coefficient (Wildman–Crippen LogP) is 4.34. The summed E-state index contributed by atoms with van der Waals surface area (Å²) < 4.78 is 14.3. The Morgan fingerprint density at radius 2 is 2.06 bits per heavy atom. The molecule has 0 spiro atoms. The van der Waals surface area contributed by atoms with Crippen LogP contribution in [0.25, 0.3) is 0 Å². The van der Waals surface area contributed by atoms with Crippen LogP contribution in [-0.2, 0) is 0 Å². The molecular formula is C12H8BrCl2FN2. The molecule has 6 heteroatoms. The Labute approximate surface area is 122 Å². The molecule has 1 aromatic carbocycles. The van der Waals surface area contributed by atoms with Gasteiger partial charge in [0.15, 0.2) is 0 Å². The Bertz CT molecular complexity index is 592. The van der Waals surface area contributed by atoms with E-state index in [1.807, 2.05) is 0 Å². The minimum absolute atomic E-state index is 0.314. The first-order chi connectivity index (χ1) is 8.50. The molecule has 0 bridgehead atoms. The molecule has 94 valence electrons. The number of benzene rings is 1. The monoisotopic (exact) mass is 348 g/mol. The summed E-state index contributed by atoms with van der Waals surface area (Å²) in [6, 6.07) is 5.68. The molecular weight excluding hydrogens is 342 g/mol. The summed E-state index contributed by atoms with van der Waals surface area (Å²) in [7, 11) is 0. The average molecular weight is 350 g/mol. The highest BCUT2D eigenvalue weighted by molar-refractivity contribution is 9.10. The predicted molar refractivity (Wildman–Crippen MR) is 74.4 cm³/mol. The fourth-order valence-electron chi connectivity index (χ4n) is 1.56. The van der Waals surface area contributed by atoms with E-state index in [-0.39, 0.29) is 0 Å². The third kappa shape index (κ3) is 2.67. The van der Waals surface area contributed by atoms with E-state index in [4.69, 9.17) is 28.9 Å². The van der Waals surface area contributed by atoms with E-state index >= 15 is 0 Å². The van der Waals surface area contributed by atoms with Crippen LogP contribution in [0.2, 0.25) is 10.0 Å². The quantitative estimate of drug-likeness (QED) is 0.875. The van der Waals surface area contributed by atoms with Crippen molar-refractivity contribution < 1.29 is 4.39 Å². The topological polar surface area (TPSA) is 38.9 Å². The van der Waals surface area contributed by atoms with Gasteiger partial charge in [0, 0.05) is 11.8 Å². The molecule has 0 aliphatic rings. The van der Waals surface area contributed by atoms with Gasteiger partial charge in [-0.05, 0) is 28.1 Å². The van der Waals surface area contributed by atoms with Gasteiger partial charge in [0.1, 0.15) is 5.82 Å². The molecule has 0 saturated carbocycles. The van der Waals surface area contributed by atoms with E-state index in [9.17, 15) is 4.39 Å². The zero-order valence-electron chi connectivity index (χ0n) is 9.00. The number of nitrogens with zero attached hydrogens (tertiary/aromatic N) is 1. The van der Waals surface area contributed by atoms with Crippen molar-refractivity contribution in [1.82, 2.24) is 4.98 Å². The minimum atomic E-state index is -0.743. The van der Waals surface area contributed by atoms with Gasteiger partial charge in [0.25, 0.3) is 0 Å². The first kappa shape index (κ1) is 13.7. The number of pyridine rings is 1. The molecule has 0 saturated heterocycles. The van der Waals surface area contributed by atoms with Crippen molar-refractivity contribution in [3.8, 4) is 0 Å². The third-order valence-electron chi connectivity index (χ3n) is 2.45. The highest BCUT2D eigenvalue weighted by atomic mass is 79.9. The summed E-state index contributed by atoms with van der Waals surface area (Å²) in [6.45, 7) is 0. The van der Waals surface area contributed by atoms with Gasteiger partial charge >= 0.3 is 0 Å². The minimum Gasteiger partial charge on any atom is -0.319 e. The molecule has 2 N–H and O–H groups in total.